The quantitative estimate of drug-likeness (QED) is 0.585. The third kappa shape index (κ3) is 1.82. The Labute approximate surface area is 93.0 Å². The largest absolute Gasteiger partial charge is 0.323 e. The zero-order valence-corrected chi connectivity index (χ0v) is 8.96. The van der Waals surface area contributed by atoms with E-state index in [4.69, 9.17) is 0 Å². The highest BCUT2D eigenvalue weighted by Gasteiger charge is 2.08. The summed E-state index contributed by atoms with van der Waals surface area (Å²) in [4.78, 5) is 10.4. The van der Waals surface area contributed by atoms with Crippen LogP contribution in [0.1, 0.15) is 18.9 Å². The highest BCUT2D eigenvalue weighted by molar-refractivity contribution is 5.70. The zero-order valence-electron chi connectivity index (χ0n) is 8.96. The third-order valence-electron chi connectivity index (χ3n) is 2.52. The Morgan fingerprint density at radius 3 is 2.94 bits per heavy atom. The normalized spacial score (nSPS) is 11.9. The Balaban J connectivity index is 2.52. The average molecular weight is 216 g/mol. The van der Waals surface area contributed by atoms with Gasteiger partial charge in [-0.3, -0.25) is 10.1 Å². The number of rotatable bonds is 3. The summed E-state index contributed by atoms with van der Waals surface area (Å²) in [5.41, 5.74) is 2.10. The molecule has 2 rings (SSSR count). The number of hydrogen-bond acceptors (Lipinski definition) is 2. The van der Waals surface area contributed by atoms with E-state index in [9.17, 15) is 10.1 Å². The average Bonchev–Trinajstić information content (AvgIpc) is 2.69. The Morgan fingerprint density at radius 2 is 2.25 bits per heavy atom. The zero-order chi connectivity index (χ0) is 11.5. The highest BCUT2D eigenvalue weighted by Crippen LogP contribution is 2.17. The van der Waals surface area contributed by atoms with Crippen molar-refractivity contribution in [3.8, 4) is 0 Å². The first-order valence-corrected chi connectivity index (χ1v) is 5.13. The molecular formula is C12H12N2O2. The third-order valence-corrected chi connectivity index (χ3v) is 2.52. The van der Waals surface area contributed by atoms with Gasteiger partial charge in [0, 0.05) is 30.5 Å². The van der Waals surface area contributed by atoms with Crippen LogP contribution in [0.15, 0.2) is 42.4 Å². The second kappa shape index (κ2) is 4.18. The predicted molar refractivity (Wildman–Crippen MR) is 62.7 cm³/mol. The number of fused-ring (bicyclic) bond motifs is 1. The number of hydrogen-bond donors (Lipinski definition) is 0. The second-order valence-corrected chi connectivity index (χ2v) is 3.51. The fourth-order valence-electron chi connectivity index (χ4n) is 1.66. The van der Waals surface area contributed by atoms with E-state index < -0.39 is 0 Å². The van der Waals surface area contributed by atoms with Gasteiger partial charge in [0.1, 0.15) is 0 Å². The lowest BCUT2D eigenvalue weighted by molar-refractivity contribution is -0.425. The smallest absolute Gasteiger partial charge is 0.246 e. The summed E-state index contributed by atoms with van der Waals surface area (Å²) in [5.74, 6) is 0. The highest BCUT2D eigenvalue weighted by atomic mass is 16.6. The van der Waals surface area contributed by atoms with Crippen LogP contribution in [-0.2, 0) is 0 Å². The van der Waals surface area contributed by atoms with Crippen LogP contribution in [0.4, 0.5) is 0 Å². The first-order valence-electron chi connectivity index (χ1n) is 5.13. The number of nitrogens with zero attached hydrogens (tertiary/aromatic N) is 2. The molecule has 0 bridgehead atoms. The molecule has 2 aromatic rings. The standard InChI is InChI=1S/C12H12N2O2/c1-2-11(14(15)16)9-10-6-8-13-7-4-3-5-12(10)13/h3-9H,2H2,1H3. The van der Waals surface area contributed by atoms with Crippen molar-refractivity contribution >= 4 is 11.6 Å². The predicted octanol–water partition coefficient (Wildman–Crippen LogP) is 2.97. The van der Waals surface area contributed by atoms with Gasteiger partial charge in [0.05, 0.1) is 10.4 Å². The summed E-state index contributed by atoms with van der Waals surface area (Å²) in [6.07, 6.45) is 5.88. The minimum atomic E-state index is -0.327. The molecule has 2 aromatic heterocycles. The van der Waals surface area contributed by atoms with Gasteiger partial charge in [-0.15, -0.1) is 0 Å². The SMILES string of the molecule is CCC(=Cc1ccn2ccccc12)[N+](=O)[O-]. The van der Waals surface area contributed by atoms with Gasteiger partial charge in [0.25, 0.3) is 0 Å². The molecule has 0 saturated heterocycles. The van der Waals surface area contributed by atoms with E-state index in [-0.39, 0.29) is 10.6 Å². The van der Waals surface area contributed by atoms with Crippen molar-refractivity contribution in [3.05, 3.63) is 58.0 Å². The van der Waals surface area contributed by atoms with Gasteiger partial charge in [-0.1, -0.05) is 13.0 Å². The monoisotopic (exact) mass is 216 g/mol. The summed E-state index contributed by atoms with van der Waals surface area (Å²) in [6, 6.07) is 7.67. The maximum absolute atomic E-state index is 10.7. The van der Waals surface area contributed by atoms with Crippen molar-refractivity contribution in [2.45, 2.75) is 13.3 Å². The summed E-state index contributed by atoms with van der Waals surface area (Å²) in [7, 11) is 0. The molecule has 82 valence electrons. The molecule has 0 saturated carbocycles. The Morgan fingerprint density at radius 1 is 1.44 bits per heavy atom. The van der Waals surface area contributed by atoms with Crippen LogP contribution in [0.3, 0.4) is 0 Å². The maximum atomic E-state index is 10.7. The first kappa shape index (κ1) is 10.4. The van der Waals surface area contributed by atoms with Gasteiger partial charge in [-0.2, -0.15) is 0 Å². The Bertz CT molecular complexity index is 555. The molecule has 2 heterocycles. The molecule has 0 atom stereocenters. The number of pyridine rings is 1. The first-order chi connectivity index (χ1) is 7.72. The van der Waals surface area contributed by atoms with Crippen LogP contribution in [0, 0.1) is 10.1 Å². The van der Waals surface area contributed by atoms with Gasteiger partial charge in [0.15, 0.2) is 0 Å². The lowest BCUT2D eigenvalue weighted by atomic mass is 10.2. The van der Waals surface area contributed by atoms with Crippen LogP contribution in [0.5, 0.6) is 0 Å². The molecule has 0 radical (unpaired) electrons. The van der Waals surface area contributed by atoms with E-state index in [2.05, 4.69) is 0 Å². The van der Waals surface area contributed by atoms with Crippen molar-refractivity contribution in [3.63, 3.8) is 0 Å². The molecule has 4 nitrogen and oxygen atoms in total. The van der Waals surface area contributed by atoms with Gasteiger partial charge in [0.2, 0.25) is 5.70 Å². The van der Waals surface area contributed by atoms with Crippen LogP contribution in [-0.4, -0.2) is 9.32 Å². The van der Waals surface area contributed by atoms with Crippen molar-refractivity contribution in [1.82, 2.24) is 4.40 Å². The molecule has 0 aliphatic carbocycles. The molecule has 0 aliphatic rings. The molecular weight excluding hydrogens is 204 g/mol. The van der Waals surface area contributed by atoms with E-state index in [1.165, 1.54) is 0 Å². The van der Waals surface area contributed by atoms with Crippen LogP contribution >= 0.6 is 0 Å². The van der Waals surface area contributed by atoms with Crippen molar-refractivity contribution < 1.29 is 4.92 Å². The summed E-state index contributed by atoms with van der Waals surface area (Å²) in [6.45, 7) is 1.78. The van der Waals surface area contributed by atoms with Gasteiger partial charge in [-0.25, -0.2) is 0 Å². The summed E-state index contributed by atoms with van der Waals surface area (Å²) in [5, 5.41) is 10.7. The molecule has 4 heteroatoms. The molecule has 0 N–H and O–H groups in total. The molecule has 0 unspecified atom stereocenters. The lowest BCUT2D eigenvalue weighted by Gasteiger charge is -1.96. The molecule has 0 amide bonds. The van der Waals surface area contributed by atoms with Crippen molar-refractivity contribution in [2.75, 3.05) is 0 Å². The Kier molecular flexibility index (Phi) is 2.72. The number of nitro groups is 1. The lowest BCUT2D eigenvalue weighted by Crippen LogP contribution is -1.96. The van der Waals surface area contributed by atoms with Crippen molar-refractivity contribution in [1.29, 1.82) is 0 Å². The molecule has 16 heavy (non-hydrogen) atoms. The second-order valence-electron chi connectivity index (χ2n) is 3.51. The maximum Gasteiger partial charge on any atom is 0.246 e. The van der Waals surface area contributed by atoms with Gasteiger partial charge >= 0.3 is 0 Å². The molecule has 0 aromatic carbocycles. The fourth-order valence-corrected chi connectivity index (χ4v) is 1.66. The van der Waals surface area contributed by atoms with Crippen molar-refractivity contribution in [2.24, 2.45) is 0 Å². The van der Waals surface area contributed by atoms with E-state index >= 15 is 0 Å². The summed E-state index contributed by atoms with van der Waals surface area (Å²) < 4.78 is 1.94. The van der Waals surface area contributed by atoms with Gasteiger partial charge in [-0.05, 0) is 18.2 Å². The Hall–Kier alpha value is -2.10. The number of allylic oxidation sites excluding steroid dienone is 1. The minimum Gasteiger partial charge on any atom is -0.323 e. The van der Waals surface area contributed by atoms with E-state index in [1.807, 2.05) is 41.1 Å². The van der Waals surface area contributed by atoms with E-state index in [0.717, 1.165) is 11.1 Å². The number of aromatic nitrogens is 1. The van der Waals surface area contributed by atoms with Crippen LogP contribution in [0.2, 0.25) is 0 Å². The van der Waals surface area contributed by atoms with E-state index in [0.29, 0.717) is 6.42 Å². The van der Waals surface area contributed by atoms with Crippen LogP contribution in [0.25, 0.3) is 11.6 Å². The molecule has 0 aliphatic heterocycles. The molecule has 0 fully saturated rings. The topological polar surface area (TPSA) is 47.5 Å². The van der Waals surface area contributed by atoms with Gasteiger partial charge < -0.3 is 4.40 Å². The minimum absolute atomic E-state index is 0.233. The van der Waals surface area contributed by atoms with E-state index in [1.54, 1.807) is 13.0 Å². The summed E-state index contributed by atoms with van der Waals surface area (Å²) >= 11 is 0. The molecule has 0 spiro atoms. The van der Waals surface area contributed by atoms with Crippen LogP contribution < -0.4 is 0 Å². The fraction of sp³-hybridized carbons (Fsp3) is 0.167.